The second-order valence-electron chi connectivity index (χ2n) is 4.21. The van der Waals surface area contributed by atoms with E-state index in [4.69, 9.17) is 5.26 Å². The summed E-state index contributed by atoms with van der Waals surface area (Å²) in [5, 5.41) is 8.12. The van der Waals surface area contributed by atoms with E-state index in [0.717, 1.165) is 12.8 Å². The highest BCUT2D eigenvalue weighted by Crippen LogP contribution is 2.12. The molecule has 0 amide bonds. The van der Waals surface area contributed by atoms with E-state index in [1.54, 1.807) is 0 Å². The third-order valence-corrected chi connectivity index (χ3v) is 2.70. The average molecular weight is 228 g/mol. The summed E-state index contributed by atoms with van der Waals surface area (Å²) in [4.78, 5) is 14.4. The van der Waals surface area contributed by atoms with Crippen LogP contribution in [0.25, 0.3) is 0 Å². The molecule has 1 N–H and O–H groups in total. The first-order chi connectivity index (χ1) is 7.72. The van der Waals surface area contributed by atoms with Gasteiger partial charge in [0.05, 0.1) is 0 Å². The maximum absolute atomic E-state index is 10.8. The first kappa shape index (κ1) is 15.2. The SMILES string of the molecule is C=C(CCCCCCCCCC)C(=O)OO. The highest BCUT2D eigenvalue weighted by molar-refractivity contribution is 5.87. The fourth-order valence-corrected chi connectivity index (χ4v) is 1.64. The summed E-state index contributed by atoms with van der Waals surface area (Å²) < 4.78 is 0. The van der Waals surface area contributed by atoms with Crippen LogP contribution in [-0.2, 0) is 9.68 Å². The zero-order chi connectivity index (χ0) is 12.2. The lowest BCUT2D eigenvalue weighted by molar-refractivity contribution is -0.229. The Balaban J connectivity index is 3.21. The second-order valence-corrected chi connectivity index (χ2v) is 4.21. The van der Waals surface area contributed by atoms with Crippen molar-refractivity contribution in [3.63, 3.8) is 0 Å². The van der Waals surface area contributed by atoms with Gasteiger partial charge >= 0.3 is 5.97 Å². The molecule has 3 nitrogen and oxygen atoms in total. The van der Waals surface area contributed by atoms with Gasteiger partial charge in [-0.1, -0.05) is 58.4 Å². The zero-order valence-electron chi connectivity index (χ0n) is 10.3. The van der Waals surface area contributed by atoms with Crippen molar-refractivity contribution in [2.75, 3.05) is 0 Å². The molecule has 0 aliphatic heterocycles. The summed E-state index contributed by atoms with van der Waals surface area (Å²) >= 11 is 0. The predicted octanol–water partition coefficient (Wildman–Crippen LogP) is 4.09. The molecule has 0 aromatic carbocycles. The Hall–Kier alpha value is -0.830. The molecular weight excluding hydrogens is 204 g/mol. The molecule has 0 aliphatic carbocycles. The van der Waals surface area contributed by atoms with Crippen molar-refractivity contribution in [3.8, 4) is 0 Å². The van der Waals surface area contributed by atoms with E-state index in [0.29, 0.717) is 12.0 Å². The smallest absolute Gasteiger partial charge is 0.296 e. The van der Waals surface area contributed by atoms with E-state index >= 15 is 0 Å². The molecule has 0 aromatic rings. The summed E-state index contributed by atoms with van der Waals surface area (Å²) in [5.74, 6) is -0.706. The van der Waals surface area contributed by atoms with Crippen LogP contribution in [0.1, 0.15) is 64.7 Å². The third kappa shape index (κ3) is 8.48. The molecule has 16 heavy (non-hydrogen) atoms. The van der Waals surface area contributed by atoms with E-state index in [9.17, 15) is 4.79 Å². The Labute approximate surface area is 98.4 Å². The Kier molecular flexibility index (Phi) is 10.1. The van der Waals surface area contributed by atoms with Gasteiger partial charge in [-0.25, -0.2) is 4.79 Å². The van der Waals surface area contributed by atoms with E-state index in [2.05, 4.69) is 18.4 Å². The normalized spacial score (nSPS) is 10.1. The lowest BCUT2D eigenvalue weighted by Gasteiger charge is -2.02. The van der Waals surface area contributed by atoms with E-state index < -0.39 is 5.97 Å². The average Bonchev–Trinajstić information content (AvgIpc) is 2.31. The molecule has 94 valence electrons. The van der Waals surface area contributed by atoms with Crippen LogP contribution >= 0.6 is 0 Å². The first-order valence-corrected chi connectivity index (χ1v) is 6.26. The third-order valence-electron chi connectivity index (χ3n) is 2.70. The van der Waals surface area contributed by atoms with Crippen molar-refractivity contribution < 1.29 is 14.9 Å². The number of unbranched alkanes of at least 4 members (excludes halogenated alkanes) is 7. The molecule has 0 saturated carbocycles. The summed E-state index contributed by atoms with van der Waals surface area (Å²) in [7, 11) is 0. The minimum atomic E-state index is -0.706. The van der Waals surface area contributed by atoms with Crippen molar-refractivity contribution in [1.29, 1.82) is 0 Å². The van der Waals surface area contributed by atoms with Gasteiger partial charge in [0.2, 0.25) is 0 Å². The summed E-state index contributed by atoms with van der Waals surface area (Å²) in [6, 6.07) is 0. The lowest BCUT2D eigenvalue weighted by atomic mass is 10.1. The van der Waals surface area contributed by atoms with E-state index in [1.807, 2.05) is 0 Å². The van der Waals surface area contributed by atoms with Crippen LogP contribution in [0, 0.1) is 0 Å². The minimum absolute atomic E-state index is 0.355. The Morgan fingerprint density at radius 3 is 2.06 bits per heavy atom. The van der Waals surface area contributed by atoms with Gasteiger partial charge in [-0.3, -0.25) is 4.89 Å². The molecule has 0 saturated heterocycles. The monoisotopic (exact) mass is 228 g/mol. The Morgan fingerprint density at radius 2 is 1.56 bits per heavy atom. The molecule has 0 bridgehead atoms. The topological polar surface area (TPSA) is 46.5 Å². The fourth-order valence-electron chi connectivity index (χ4n) is 1.64. The van der Waals surface area contributed by atoms with Gasteiger partial charge in [-0.2, -0.15) is 5.26 Å². The predicted molar refractivity (Wildman–Crippen MR) is 65.1 cm³/mol. The van der Waals surface area contributed by atoms with Crippen LogP contribution < -0.4 is 0 Å². The minimum Gasteiger partial charge on any atom is -0.296 e. The molecular formula is C13H24O3. The van der Waals surface area contributed by atoms with Crippen molar-refractivity contribution in [2.24, 2.45) is 0 Å². The summed E-state index contributed by atoms with van der Waals surface area (Å²) in [6.45, 7) is 5.76. The number of carbonyl (C=O) groups excluding carboxylic acids is 1. The standard InChI is InChI=1S/C13H24O3/c1-3-4-5-6-7-8-9-10-11-12(2)13(14)16-15/h15H,2-11H2,1H3. The van der Waals surface area contributed by atoms with Gasteiger partial charge in [-0.05, 0) is 12.8 Å². The van der Waals surface area contributed by atoms with Crippen LogP contribution in [-0.4, -0.2) is 11.2 Å². The molecule has 0 radical (unpaired) electrons. The zero-order valence-corrected chi connectivity index (χ0v) is 10.3. The van der Waals surface area contributed by atoms with Crippen LogP contribution in [0.5, 0.6) is 0 Å². The molecule has 0 spiro atoms. The summed E-state index contributed by atoms with van der Waals surface area (Å²) in [6.07, 6.45) is 10.4. The number of hydrogen-bond donors (Lipinski definition) is 1. The van der Waals surface area contributed by atoms with Crippen LogP contribution in [0.15, 0.2) is 12.2 Å². The number of carbonyl (C=O) groups is 1. The second kappa shape index (κ2) is 10.7. The Morgan fingerprint density at radius 1 is 1.06 bits per heavy atom. The van der Waals surface area contributed by atoms with Crippen LogP contribution in [0.3, 0.4) is 0 Å². The molecule has 0 fully saturated rings. The van der Waals surface area contributed by atoms with Crippen molar-refractivity contribution in [2.45, 2.75) is 64.7 Å². The van der Waals surface area contributed by atoms with Gasteiger partial charge < -0.3 is 0 Å². The van der Waals surface area contributed by atoms with Crippen LogP contribution in [0.4, 0.5) is 0 Å². The van der Waals surface area contributed by atoms with Gasteiger partial charge in [0.25, 0.3) is 0 Å². The van der Waals surface area contributed by atoms with Gasteiger partial charge in [-0.15, -0.1) is 0 Å². The maximum Gasteiger partial charge on any atom is 0.368 e. The van der Waals surface area contributed by atoms with Crippen molar-refractivity contribution >= 4 is 5.97 Å². The largest absolute Gasteiger partial charge is 0.368 e. The molecule has 0 aromatic heterocycles. The first-order valence-electron chi connectivity index (χ1n) is 6.26. The summed E-state index contributed by atoms with van der Waals surface area (Å²) in [5.41, 5.74) is 0.355. The van der Waals surface area contributed by atoms with Gasteiger partial charge in [0.1, 0.15) is 0 Å². The van der Waals surface area contributed by atoms with Crippen LogP contribution in [0.2, 0.25) is 0 Å². The molecule has 0 unspecified atom stereocenters. The Bertz CT molecular complexity index is 199. The quantitative estimate of drug-likeness (QED) is 0.265. The molecule has 0 atom stereocenters. The molecule has 0 aliphatic rings. The van der Waals surface area contributed by atoms with E-state index in [-0.39, 0.29) is 0 Å². The maximum atomic E-state index is 10.8. The highest BCUT2D eigenvalue weighted by Gasteiger charge is 2.06. The van der Waals surface area contributed by atoms with E-state index in [1.165, 1.54) is 38.5 Å². The van der Waals surface area contributed by atoms with Gasteiger partial charge in [0, 0.05) is 5.57 Å². The lowest BCUT2D eigenvalue weighted by Crippen LogP contribution is -2.03. The number of hydrogen-bond acceptors (Lipinski definition) is 3. The van der Waals surface area contributed by atoms with Gasteiger partial charge in [0.15, 0.2) is 0 Å². The molecule has 0 heterocycles. The van der Waals surface area contributed by atoms with Crippen molar-refractivity contribution in [1.82, 2.24) is 0 Å². The molecule has 0 rings (SSSR count). The molecule has 3 heteroatoms. The highest BCUT2D eigenvalue weighted by atomic mass is 17.1. The fraction of sp³-hybridized carbons (Fsp3) is 0.769. The van der Waals surface area contributed by atoms with Crippen molar-refractivity contribution in [3.05, 3.63) is 12.2 Å². The number of rotatable bonds is 10.